The van der Waals surface area contributed by atoms with E-state index >= 15 is 0 Å². The summed E-state index contributed by atoms with van der Waals surface area (Å²) in [5.41, 5.74) is 2.67. The quantitative estimate of drug-likeness (QED) is 0.575. The lowest BCUT2D eigenvalue weighted by atomic mass is 10.1. The third-order valence-electron chi connectivity index (χ3n) is 5.33. The normalized spacial score (nSPS) is 17.2. The standard InChI is InChI=1S/C23H26FN3O3/c1-16-21(26-23(30-16)18-7-8-20(24)22(11-18)28-2)14-27-10-4-6-19(13-27)29-15-17-5-3-9-25-12-17/h3,5,7-9,11-12,19H,4,6,10,13-15H2,1-2H3/t19-/m1/s1. The van der Waals surface area contributed by atoms with Crippen molar-refractivity contribution in [3.05, 3.63) is 65.6 Å². The van der Waals surface area contributed by atoms with Crippen LogP contribution in [0, 0.1) is 12.7 Å². The minimum absolute atomic E-state index is 0.176. The molecule has 0 aliphatic carbocycles. The van der Waals surface area contributed by atoms with Gasteiger partial charge >= 0.3 is 0 Å². The van der Waals surface area contributed by atoms with Crippen molar-refractivity contribution in [1.29, 1.82) is 0 Å². The Morgan fingerprint density at radius 3 is 3.00 bits per heavy atom. The first-order chi connectivity index (χ1) is 14.6. The molecule has 0 amide bonds. The topological polar surface area (TPSA) is 60.6 Å². The number of halogens is 1. The first-order valence-electron chi connectivity index (χ1n) is 10.2. The molecule has 2 aromatic heterocycles. The van der Waals surface area contributed by atoms with Gasteiger partial charge in [0.05, 0.1) is 25.5 Å². The fraction of sp³-hybridized carbons (Fsp3) is 0.391. The second-order valence-corrected chi connectivity index (χ2v) is 7.54. The van der Waals surface area contributed by atoms with Gasteiger partial charge in [0.1, 0.15) is 5.76 Å². The van der Waals surface area contributed by atoms with Crippen LogP contribution in [0.15, 0.2) is 47.1 Å². The second-order valence-electron chi connectivity index (χ2n) is 7.54. The highest BCUT2D eigenvalue weighted by Crippen LogP contribution is 2.28. The van der Waals surface area contributed by atoms with E-state index in [1.165, 1.54) is 13.2 Å². The zero-order chi connectivity index (χ0) is 20.9. The average Bonchev–Trinajstić information content (AvgIpc) is 3.14. The van der Waals surface area contributed by atoms with Gasteiger partial charge in [0.15, 0.2) is 11.6 Å². The lowest BCUT2D eigenvalue weighted by molar-refractivity contribution is -0.0124. The van der Waals surface area contributed by atoms with E-state index in [1.54, 1.807) is 18.3 Å². The molecule has 0 bridgehead atoms. The Bertz CT molecular complexity index is 977. The summed E-state index contributed by atoms with van der Waals surface area (Å²) >= 11 is 0. The molecule has 7 heteroatoms. The Kier molecular flexibility index (Phi) is 6.40. The van der Waals surface area contributed by atoms with Crippen molar-refractivity contribution in [2.24, 2.45) is 0 Å². The van der Waals surface area contributed by atoms with Crippen LogP contribution in [-0.2, 0) is 17.9 Å². The summed E-state index contributed by atoms with van der Waals surface area (Å²) in [4.78, 5) is 11.1. The molecule has 30 heavy (non-hydrogen) atoms. The number of rotatable bonds is 7. The summed E-state index contributed by atoms with van der Waals surface area (Å²) in [6.07, 6.45) is 5.92. The molecule has 1 aromatic carbocycles. The molecule has 158 valence electrons. The second kappa shape index (κ2) is 9.36. The Balaban J connectivity index is 1.39. The van der Waals surface area contributed by atoms with Crippen LogP contribution in [0.1, 0.15) is 29.9 Å². The molecule has 1 aliphatic rings. The third kappa shape index (κ3) is 4.86. The van der Waals surface area contributed by atoms with Crippen LogP contribution in [0.25, 0.3) is 11.5 Å². The largest absolute Gasteiger partial charge is 0.494 e. The maximum absolute atomic E-state index is 13.7. The minimum Gasteiger partial charge on any atom is -0.494 e. The first kappa shape index (κ1) is 20.5. The van der Waals surface area contributed by atoms with E-state index in [9.17, 15) is 4.39 Å². The summed E-state index contributed by atoms with van der Waals surface area (Å²) < 4.78 is 30.7. The van der Waals surface area contributed by atoms with Gasteiger partial charge in [-0.15, -0.1) is 0 Å². The molecule has 3 heterocycles. The van der Waals surface area contributed by atoms with E-state index in [-0.39, 0.29) is 11.9 Å². The van der Waals surface area contributed by atoms with E-state index in [0.29, 0.717) is 24.6 Å². The molecule has 6 nitrogen and oxygen atoms in total. The number of piperidine rings is 1. The summed E-state index contributed by atoms with van der Waals surface area (Å²) in [7, 11) is 1.44. The molecule has 3 aromatic rings. The van der Waals surface area contributed by atoms with Crippen molar-refractivity contribution in [3.8, 4) is 17.2 Å². The van der Waals surface area contributed by atoms with Gasteiger partial charge in [-0.3, -0.25) is 9.88 Å². The number of hydrogen-bond acceptors (Lipinski definition) is 6. The molecule has 0 unspecified atom stereocenters. The monoisotopic (exact) mass is 411 g/mol. The van der Waals surface area contributed by atoms with Crippen LogP contribution in [0.3, 0.4) is 0 Å². The summed E-state index contributed by atoms with van der Waals surface area (Å²) in [5, 5.41) is 0. The van der Waals surface area contributed by atoms with Gasteiger partial charge in [0.25, 0.3) is 0 Å². The van der Waals surface area contributed by atoms with Crippen LogP contribution in [0.2, 0.25) is 0 Å². The molecular weight excluding hydrogens is 385 g/mol. The Morgan fingerprint density at radius 1 is 1.30 bits per heavy atom. The van der Waals surface area contributed by atoms with Crippen molar-refractivity contribution in [2.75, 3.05) is 20.2 Å². The van der Waals surface area contributed by atoms with E-state index in [1.807, 2.05) is 25.3 Å². The van der Waals surface area contributed by atoms with Crippen molar-refractivity contribution in [1.82, 2.24) is 14.9 Å². The lowest BCUT2D eigenvalue weighted by Crippen LogP contribution is -2.39. The number of nitrogens with zero attached hydrogens (tertiary/aromatic N) is 3. The number of methoxy groups -OCH3 is 1. The Labute approximate surface area is 175 Å². The molecular formula is C23H26FN3O3. The van der Waals surface area contributed by atoms with Gasteiger partial charge < -0.3 is 13.9 Å². The van der Waals surface area contributed by atoms with E-state index in [0.717, 1.165) is 42.9 Å². The minimum atomic E-state index is -0.407. The zero-order valence-electron chi connectivity index (χ0n) is 17.3. The third-order valence-corrected chi connectivity index (χ3v) is 5.33. The SMILES string of the molecule is COc1cc(-c2nc(CN3CCC[C@@H](OCc4cccnc4)C3)c(C)o2)ccc1F. The van der Waals surface area contributed by atoms with Gasteiger partial charge in [-0.2, -0.15) is 0 Å². The van der Waals surface area contributed by atoms with Crippen molar-refractivity contribution in [2.45, 2.75) is 39.0 Å². The Hall–Kier alpha value is -2.77. The van der Waals surface area contributed by atoms with Crippen LogP contribution in [0.5, 0.6) is 5.75 Å². The number of ether oxygens (including phenoxy) is 2. The first-order valence-corrected chi connectivity index (χ1v) is 10.2. The fourth-order valence-electron chi connectivity index (χ4n) is 3.69. The van der Waals surface area contributed by atoms with Crippen molar-refractivity contribution < 1.29 is 18.3 Å². The molecule has 0 N–H and O–H groups in total. The summed E-state index contributed by atoms with van der Waals surface area (Å²) in [5.74, 6) is 1.01. The van der Waals surface area contributed by atoms with E-state index in [2.05, 4.69) is 14.9 Å². The number of aryl methyl sites for hydroxylation is 1. The number of benzene rings is 1. The zero-order valence-corrected chi connectivity index (χ0v) is 17.3. The van der Waals surface area contributed by atoms with Crippen molar-refractivity contribution >= 4 is 0 Å². The predicted molar refractivity (Wildman–Crippen MR) is 111 cm³/mol. The predicted octanol–water partition coefficient (Wildman–Crippen LogP) is 4.37. The van der Waals surface area contributed by atoms with Gasteiger partial charge in [-0.25, -0.2) is 9.37 Å². The molecule has 1 saturated heterocycles. The molecule has 0 spiro atoms. The highest BCUT2D eigenvalue weighted by molar-refractivity contribution is 5.56. The summed E-state index contributed by atoms with van der Waals surface area (Å²) in [6, 6.07) is 8.57. The highest BCUT2D eigenvalue weighted by Gasteiger charge is 2.23. The maximum atomic E-state index is 13.7. The summed E-state index contributed by atoms with van der Waals surface area (Å²) in [6.45, 7) is 5.03. The van der Waals surface area contributed by atoms with Crippen LogP contribution < -0.4 is 4.74 Å². The molecule has 1 atom stereocenters. The average molecular weight is 411 g/mol. The number of likely N-dealkylation sites (tertiary alicyclic amines) is 1. The highest BCUT2D eigenvalue weighted by atomic mass is 19.1. The number of aromatic nitrogens is 2. The van der Waals surface area contributed by atoms with Gasteiger partial charge in [-0.1, -0.05) is 6.07 Å². The van der Waals surface area contributed by atoms with Gasteiger partial charge in [0.2, 0.25) is 5.89 Å². The number of oxazole rings is 1. The van der Waals surface area contributed by atoms with Crippen LogP contribution >= 0.6 is 0 Å². The smallest absolute Gasteiger partial charge is 0.226 e. The van der Waals surface area contributed by atoms with Crippen LogP contribution in [0.4, 0.5) is 4.39 Å². The number of pyridine rings is 1. The van der Waals surface area contributed by atoms with E-state index < -0.39 is 5.82 Å². The molecule has 0 saturated carbocycles. The van der Waals surface area contributed by atoms with Crippen molar-refractivity contribution in [3.63, 3.8) is 0 Å². The van der Waals surface area contributed by atoms with Crippen LogP contribution in [-0.4, -0.2) is 41.2 Å². The maximum Gasteiger partial charge on any atom is 0.226 e. The number of hydrogen-bond donors (Lipinski definition) is 0. The molecule has 1 aliphatic heterocycles. The lowest BCUT2D eigenvalue weighted by Gasteiger charge is -2.32. The molecule has 4 rings (SSSR count). The van der Waals surface area contributed by atoms with E-state index in [4.69, 9.17) is 13.9 Å². The van der Waals surface area contributed by atoms with Gasteiger partial charge in [0, 0.05) is 31.0 Å². The fourth-order valence-corrected chi connectivity index (χ4v) is 3.69. The molecule has 0 radical (unpaired) electrons. The Morgan fingerprint density at radius 2 is 2.20 bits per heavy atom. The van der Waals surface area contributed by atoms with Gasteiger partial charge in [-0.05, 0) is 56.1 Å². The molecule has 1 fully saturated rings.